The minimum atomic E-state index is -0.616. The molecule has 3 aromatic rings. The van der Waals surface area contributed by atoms with Crippen LogP contribution in [0.25, 0.3) is 0 Å². The molecule has 0 fully saturated rings. The first-order chi connectivity index (χ1) is 15.0. The van der Waals surface area contributed by atoms with Crippen molar-refractivity contribution in [1.29, 1.82) is 0 Å². The Hall–Kier alpha value is -3.81. The summed E-state index contributed by atoms with van der Waals surface area (Å²) in [6.45, 7) is 3.79. The quantitative estimate of drug-likeness (QED) is 0.526. The molecule has 162 valence electrons. The number of amides is 1. The van der Waals surface area contributed by atoms with E-state index in [0.717, 1.165) is 16.8 Å². The van der Waals surface area contributed by atoms with Crippen molar-refractivity contribution in [3.63, 3.8) is 0 Å². The third-order valence-corrected chi connectivity index (χ3v) is 4.64. The summed E-state index contributed by atoms with van der Waals surface area (Å²) in [6.07, 6.45) is 0. The fourth-order valence-corrected chi connectivity index (χ4v) is 2.88. The lowest BCUT2D eigenvalue weighted by Crippen LogP contribution is -2.28. The number of hydrogen-bond acceptors (Lipinski definition) is 7. The number of rotatable bonds is 9. The summed E-state index contributed by atoms with van der Waals surface area (Å²) in [4.78, 5) is 24.4. The van der Waals surface area contributed by atoms with Gasteiger partial charge in [0.1, 0.15) is 23.9 Å². The monoisotopic (exact) mass is 424 g/mol. The molecule has 0 radical (unpaired) electrons. The van der Waals surface area contributed by atoms with Crippen LogP contribution in [0.15, 0.2) is 53.1 Å². The van der Waals surface area contributed by atoms with Crippen molar-refractivity contribution in [3.05, 3.63) is 76.7 Å². The highest BCUT2D eigenvalue weighted by Gasteiger charge is 2.13. The van der Waals surface area contributed by atoms with Gasteiger partial charge in [-0.3, -0.25) is 4.79 Å². The Balaban J connectivity index is 1.50. The van der Waals surface area contributed by atoms with Crippen LogP contribution in [0, 0.1) is 13.8 Å². The Morgan fingerprint density at radius 2 is 1.90 bits per heavy atom. The zero-order valence-corrected chi connectivity index (χ0v) is 17.6. The lowest BCUT2D eigenvalue weighted by molar-refractivity contribution is -0.124. The second kappa shape index (κ2) is 10.3. The molecule has 1 N–H and O–H groups in total. The largest absolute Gasteiger partial charge is 0.496 e. The van der Waals surface area contributed by atoms with E-state index >= 15 is 0 Å². The Morgan fingerprint density at radius 1 is 1.10 bits per heavy atom. The molecule has 8 nitrogen and oxygen atoms in total. The van der Waals surface area contributed by atoms with Gasteiger partial charge in [-0.2, -0.15) is 0 Å². The van der Waals surface area contributed by atoms with Gasteiger partial charge in [-0.05, 0) is 38.1 Å². The Morgan fingerprint density at radius 3 is 2.65 bits per heavy atom. The van der Waals surface area contributed by atoms with Crippen LogP contribution in [-0.2, 0) is 22.7 Å². The van der Waals surface area contributed by atoms with Crippen LogP contribution in [-0.4, -0.2) is 30.7 Å². The zero-order valence-electron chi connectivity index (χ0n) is 17.6. The highest BCUT2D eigenvalue weighted by atomic mass is 16.5. The summed E-state index contributed by atoms with van der Waals surface area (Å²) < 4.78 is 21.2. The number of carbonyl (C=O) groups excluding carboxylic acids is 2. The van der Waals surface area contributed by atoms with Crippen LogP contribution in [0.2, 0.25) is 0 Å². The number of ether oxygens (including phenoxy) is 3. The molecule has 0 saturated carbocycles. The van der Waals surface area contributed by atoms with Crippen molar-refractivity contribution < 1.29 is 28.3 Å². The van der Waals surface area contributed by atoms with E-state index in [9.17, 15) is 9.59 Å². The number of nitrogens with one attached hydrogen (secondary N) is 1. The van der Waals surface area contributed by atoms with Crippen LogP contribution < -0.4 is 14.8 Å². The molecule has 1 aromatic heterocycles. The smallest absolute Gasteiger partial charge is 0.338 e. The maximum absolute atomic E-state index is 12.3. The van der Waals surface area contributed by atoms with Gasteiger partial charge in [0.05, 0.1) is 23.9 Å². The standard InChI is InChI=1S/C23H24N2O6/c1-15-20(16(2)31-25-15)13-29-19-9-6-8-17(11-19)23(27)30-14-22(26)24-12-18-7-4-5-10-21(18)28-3/h4-11H,12-14H2,1-3H3,(H,24,26). The van der Waals surface area contributed by atoms with Crippen LogP contribution in [0.5, 0.6) is 11.5 Å². The van der Waals surface area contributed by atoms with Gasteiger partial charge in [0.2, 0.25) is 0 Å². The number of aromatic nitrogens is 1. The molecule has 0 spiro atoms. The fourth-order valence-electron chi connectivity index (χ4n) is 2.88. The molecule has 0 bridgehead atoms. The lowest BCUT2D eigenvalue weighted by atomic mass is 10.2. The van der Waals surface area contributed by atoms with Gasteiger partial charge in [-0.25, -0.2) is 4.79 Å². The van der Waals surface area contributed by atoms with E-state index in [1.165, 1.54) is 0 Å². The van der Waals surface area contributed by atoms with Gasteiger partial charge < -0.3 is 24.1 Å². The molecule has 0 aliphatic rings. The average Bonchev–Trinajstić information content (AvgIpc) is 3.12. The first kappa shape index (κ1) is 21.9. The third kappa shape index (κ3) is 5.85. The van der Waals surface area contributed by atoms with Crippen molar-refractivity contribution in [2.24, 2.45) is 0 Å². The molecule has 2 aromatic carbocycles. The van der Waals surface area contributed by atoms with Crippen LogP contribution in [0.4, 0.5) is 0 Å². The summed E-state index contributed by atoms with van der Waals surface area (Å²) in [7, 11) is 1.56. The highest BCUT2D eigenvalue weighted by molar-refractivity contribution is 5.91. The number of aryl methyl sites for hydroxylation is 2. The van der Waals surface area contributed by atoms with E-state index in [-0.39, 0.29) is 18.7 Å². The summed E-state index contributed by atoms with van der Waals surface area (Å²) >= 11 is 0. The maximum Gasteiger partial charge on any atom is 0.338 e. The molecule has 8 heteroatoms. The average molecular weight is 424 g/mol. The van der Waals surface area contributed by atoms with E-state index in [0.29, 0.717) is 17.3 Å². The number of benzene rings is 2. The molecule has 0 saturated heterocycles. The number of hydrogen-bond donors (Lipinski definition) is 1. The van der Waals surface area contributed by atoms with E-state index in [4.69, 9.17) is 18.7 Å². The molecule has 1 heterocycles. The molecule has 0 unspecified atom stereocenters. The van der Waals surface area contributed by atoms with Crippen molar-refractivity contribution in [3.8, 4) is 11.5 Å². The van der Waals surface area contributed by atoms with E-state index < -0.39 is 18.5 Å². The van der Waals surface area contributed by atoms with E-state index in [2.05, 4.69) is 10.5 Å². The predicted octanol–water partition coefficient (Wildman–Crippen LogP) is 3.35. The summed E-state index contributed by atoms with van der Waals surface area (Å²) in [5.41, 5.74) is 2.73. The number of nitrogens with zero attached hydrogens (tertiary/aromatic N) is 1. The first-order valence-corrected chi connectivity index (χ1v) is 9.68. The Labute approximate surface area is 180 Å². The Kier molecular flexibility index (Phi) is 7.26. The van der Waals surface area contributed by atoms with Crippen LogP contribution >= 0.6 is 0 Å². The number of methoxy groups -OCH3 is 1. The van der Waals surface area contributed by atoms with Crippen molar-refractivity contribution >= 4 is 11.9 Å². The van der Waals surface area contributed by atoms with Gasteiger partial charge in [-0.15, -0.1) is 0 Å². The maximum atomic E-state index is 12.3. The van der Waals surface area contributed by atoms with Gasteiger partial charge in [-0.1, -0.05) is 29.4 Å². The SMILES string of the molecule is COc1ccccc1CNC(=O)COC(=O)c1cccc(OCc2c(C)noc2C)c1. The number of para-hydroxylation sites is 1. The van der Waals surface area contributed by atoms with Crippen molar-refractivity contribution in [2.75, 3.05) is 13.7 Å². The van der Waals surface area contributed by atoms with Crippen LogP contribution in [0.1, 0.15) is 32.9 Å². The van der Waals surface area contributed by atoms with E-state index in [1.54, 1.807) is 31.4 Å². The van der Waals surface area contributed by atoms with Gasteiger partial charge in [0, 0.05) is 12.1 Å². The second-order valence-corrected chi connectivity index (χ2v) is 6.78. The molecule has 0 aliphatic heterocycles. The third-order valence-electron chi connectivity index (χ3n) is 4.64. The minimum Gasteiger partial charge on any atom is -0.496 e. The number of carbonyl (C=O) groups is 2. The number of esters is 1. The summed E-state index contributed by atoms with van der Waals surface area (Å²) in [5.74, 6) is 0.829. The summed E-state index contributed by atoms with van der Waals surface area (Å²) in [6, 6.07) is 13.9. The predicted molar refractivity (Wildman–Crippen MR) is 112 cm³/mol. The van der Waals surface area contributed by atoms with E-state index in [1.807, 2.05) is 38.1 Å². The fraction of sp³-hybridized carbons (Fsp3) is 0.261. The first-order valence-electron chi connectivity index (χ1n) is 9.68. The molecule has 31 heavy (non-hydrogen) atoms. The van der Waals surface area contributed by atoms with Gasteiger partial charge in [0.15, 0.2) is 6.61 Å². The second-order valence-electron chi connectivity index (χ2n) is 6.78. The summed E-state index contributed by atoms with van der Waals surface area (Å²) in [5, 5.41) is 6.59. The van der Waals surface area contributed by atoms with Crippen molar-refractivity contribution in [1.82, 2.24) is 10.5 Å². The van der Waals surface area contributed by atoms with Crippen molar-refractivity contribution in [2.45, 2.75) is 27.0 Å². The molecule has 0 aliphatic carbocycles. The minimum absolute atomic E-state index is 0.269. The van der Waals surface area contributed by atoms with Gasteiger partial charge >= 0.3 is 5.97 Å². The van der Waals surface area contributed by atoms with Crippen LogP contribution in [0.3, 0.4) is 0 Å². The molecule has 1 amide bonds. The molecular formula is C23H24N2O6. The molecule has 3 rings (SSSR count). The normalized spacial score (nSPS) is 10.4. The Bertz CT molecular complexity index is 1040. The highest BCUT2D eigenvalue weighted by Crippen LogP contribution is 2.19. The van der Waals surface area contributed by atoms with Gasteiger partial charge in [0.25, 0.3) is 5.91 Å². The lowest BCUT2D eigenvalue weighted by Gasteiger charge is -2.10. The molecular weight excluding hydrogens is 400 g/mol. The zero-order chi connectivity index (χ0) is 22.2. The molecule has 0 atom stereocenters. The topological polar surface area (TPSA) is 99.9 Å².